The van der Waals surface area contributed by atoms with Crippen molar-refractivity contribution in [2.24, 2.45) is 10.4 Å². The Kier molecular flexibility index (Phi) is 3.85. The highest BCUT2D eigenvalue weighted by molar-refractivity contribution is 6.09. The first kappa shape index (κ1) is 21.4. The van der Waals surface area contributed by atoms with Gasteiger partial charge in [-0.25, -0.2) is 0 Å². The Hall–Kier alpha value is -4.43. The Morgan fingerprint density at radius 1 is 0.650 bits per heavy atom. The molecule has 1 fully saturated rings. The SMILES string of the molecule is C1=NC2C3c4ccccc4C4(c5ccccc5Cc5cc(-n6c7ccccc7c7ccccc76)ccc54)C23CC1. The van der Waals surface area contributed by atoms with Crippen LogP contribution < -0.4 is 0 Å². The Bertz CT molecular complexity index is 2030. The Morgan fingerprint density at radius 3 is 2.15 bits per heavy atom. The molecule has 2 spiro atoms. The van der Waals surface area contributed by atoms with Crippen LogP contribution in [0.15, 0.2) is 120 Å². The number of nitrogens with zero attached hydrogens (tertiary/aromatic N) is 2. The Morgan fingerprint density at radius 2 is 1.32 bits per heavy atom. The van der Waals surface area contributed by atoms with E-state index >= 15 is 0 Å². The van der Waals surface area contributed by atoms with Crippen LogP contribution in [0.2, 0.25) is 0 Å². The van der Waals surface area contributed by atoms with E-state index in [4.69, 9.17) is 4.99 Å². The third kappa shape index (κ3) is 2.26. The molecule has 2 heterocycles. The van der Waals surface area contributed by atoms with Crippen LogP contribution in [0.1, 0.15) is 52.1 Å². The van der Waals surface area contributed by atoms with Gasteiger partial charge in [0.2, 0.25) is 0 Å². The molecule has 2 heteroatoms. The minimum atomic E-state index is -0.153. The lowest BCUT2D eigenvalue weighted by atomic mass is 9.55. The van der Waals surface area contributed by atoms with Crippen LogP contribution >= 0.6 is 0 Å². The highest BCUT2D eigenvalue weighted by Gasteiger charge is 2.81. The van der Waals surface area contributed by atoms with Crippen molar-refractivity contribution in [3.8, 4) is 5.69 Å². The number of aromatic nitrogens is 1. The molecule has 0 N–H and O–H groups in total. The summed E-state index contributed by atoms with van der Waals surface area (Å²) in [6, 6.07) is 44.0. The molecule has 0 amide bonds. The molecule has 1 aliphatic heterocycles. The van der Waals surface area contributed by atoms with Gasteiger partial charge in [-0.1, -0.05) is 91.0 Å². The fourth-order valence-electron chi connectivity index (χ4n) is 9.50. The van der Waals surface area contributed by atoms with Crippen molar-refractivity contribution in [3.05, 3.63) is 149 Å². The van der Waals surface area contributed by atoms with Crippen LogP contribution in [0, 0.1) is 5.41 Å². The van der Waals surface area contributed by atoms with Gasteiger partial charge in [0, 0.05) is 27.8 Å². The molecule has 40 heavy (non-hydrogen) atoms. The summed E-state index contributed by atoms with van der Waals surface area (Å²) < 4.78 is 2.46. The number of aliphatic imine (C=N–C) groups is 1. The molecule has 10 rings (SSSR count). The van der Waals surface area contributed by atoms with E-state index in [0.29, 0.717) is 12.0 Å². The van der Waals surface area contributed by atoms with E-state index in [1.54, 1.807) is 0 Å². The second-order valence-corrected chi connectivity index (χ2v) is 12.2. The predicted molar refractivity (Wildman–Crippen MR) is 163 cm³/mol. The van der Waals surface area contributed by atoms with Gasteiger partial charge in [0.1, 0.15) is 0 Å². The van der Waals surface area contributed by atoms with E-state index in [1.807, 2.05) is 0 Å². The lowest BCUT2D eigenvalue weighted by Crippen LogP contribution is -2.44. The molecule has 4 atom stereocenters. The summed E-state index contributed by atoms with van der Waals surface area (Å²) in [7, 11) is 0. The van der Waals surface area contributed by atoms with Gasteiger partial charge < -0.3 is 4.57 Å². The van der Waals surface area contributed by atoms with Gasteiger partial charge in [-0.15, -0.1) is 0 Å². The van der Waals surface area contributed by atoms with E-state index in [9.17, 15) is 0 Å². The molecule has 0 saturated heterocycles. The zero-order valence-electron chi connectivity index (χ0n) is 22.2. The molecule has 3 aliphatic carbocycles. The maximum absolute atomic E-state index is 5.17. The molecular formula is C38H28N2. The number of hydrogen-bond donors (Lipinski definition) is 0. The van der Waals surface area contributed by atoms with Crippen LogP contribution in [0.5, 0.6) is 0 Å². The summed E-state index contributed by atoms with van der Waals surface area (Å²) in [6.45, 7) is 0. The van der Waals surface area contributed by atoms with Crippen LogP contribution in [-0.2, 0) is 11.8 Å². The van der Waals surface area contributed by atoms with Crippen molar-refractivity contribution in [1.29, 1.82) is 0 Å². The van der Waals surface area contributed by atoms with E-state index in [-0.39, 0.29) is 10.8 Å². The summed E-state index contributed by atoms with van der Waals surface area (Å²) in [5, 5.41) is 2.62. The third-order valence-electron chi connectivity index (χ3n) is 10.8. The summed E-state index contributed by atoms with van der Waals surface area (Å²) in [5.74, 6) is 0.512. The lowest BCUT2D eigenvalue weighted by Gasteiger charge is -2.47. The molecule has 2 nitrogen and oxygen atoms in total. The lowest BCUT2D eigenvalue weighted by molar-refractivity contribution is 0.313. The maximum atomic E-state index is 5.17. The quantitative estimate of drug-likeness (QED) is 0.211. The number of rotatable bonds is 1. The van der Waals surface area contributed by atoms with Crippen LogP contribution in [-0.4, -0.2) is 16.8 Å². The first-order chi connectivity index (χ1) is 19.8. The van der Waals surface area contributed by atoms with E-state index < -0.39 is 0 Å². The fourth-order valence-corrected chi connectivity index (χ4v) is 9.50. The van der Waals surface area contributed by atoms with Gasteiger partial charge in [-0.2, -0.15) is 0 Å². The van der Waals surface area contributed by atoms with Crippen LogP contribution in [0.3, 0.4) is 0 Å². The molecule has 0 radical (unpaired) electrons. The van der Waals surface area contributed by atoms with Gasteiger partial charge >= 0.3 is 0 Å². The summed E-state index contributed by atoms with van der Waals surface area (Å²) in [6.07, 6.45) is 5.43. The predicted octanol–water partition coefficient (Wildman–Crippen LogP) is 8.35. The first-order valence-corrected chi connectivity index (χ1v) is 14.7. The summed E-state index contributed by atoms with van der Waals surface area (Å²) >= 11 is 0. The van der Waals surface area contributed by atoms with Crippen molar-refractivity contribution in [2.75, 3.05) is 0 Å². The molecule has 4 aliphatic rings. The minimum Gasteiger partial charge on any atom is -0.309 e. The highest BCUT2D eigenvalue weighted by Crippen LogP contribution is 2.82. The van der Waals surface area contributed by atoms with Gasteiger partial charge in [0.15, 0.2) is 0 Å². The summed E-state index contributed by atoms with van der Waals surface area (Å²) in [5.41, 5.74) is 12.8. The van der Waals surface area contributed by atoms with Crippen molar-refractivity contribution < 1.29 is 0 Å². The molecule has 0 bridgehead atoms. The monoisotopic (exact) mass is 512 g/mol. The topological polar surface area (TPSA) is 17.3 Å². The van der Waals surface area contributed by atoms with Crippen LogP contribution in [0.25, 0.3) is 27.5 Å². The van der Waals surface area contributed by atoms with Gasteiger partial charge in [0.25, 0.3) is 0 Å². The molecule has 4 unspecified atom stereocenters. The van der Waals surface area contributed by atoms with Gasteiger partial charge in [-0.3, -0.25) is 4.99 Å². The largest absolute Gasteiger partial charge is 0.309 e. The fraction of sp³-hybridized carbons (Fsp3) is 0.184. The van der Waals surface area contributed by atoms with Crippen molar-refractivity contribution in [1.82, 2.24) is 4.57 Å². The van der Waals surface area contributed by atoms with E-state index in [1.165, 1.54) is 67.3 Å². The first-order valence-electron chi connectivity index (χ1n) is 14.7. The molecule has 1 aromatic heterocycles. The van der Waals surface area contributed by atoms with E-state index in [0.717, 1.165) is 12.8 Å². The second kappa shape index (κ2) is 7.20. The average Bonchev–Trinajstić information content (AvgIpc) is 3.50. The Labute approximate surface area is 233 Å². The van der Waals surface area contributed by atoms with Crippen LogP contribution in [0.4, 0.5) is 0 Å². The van der Waals surface area contributed by atoms with Crippen molar-refractivity contribution >= 4 is 28.0 Å². The molecular weight excluding hydrogens is 484 g/mol. The van der Waals surface area contributed by atoms with Crippen molar-refractivity contribution in [3.63, 3.8) is 0 Å². The van der Waals surface area contributed by atoms with Gasteiger partial charge in [0.05, 0.1) is 22.5 Å². The number of benzene rings is 5. The summed E-state index contributed by atoms with van der Waals surface area (Å²) in [4.78, 5) is 5.17. The molecule has 190 valence electrons. The molecule has 6 aromatic rings. The molecule has 1 saturated carbocycles. The smallest absolute Gasteiger partial charge is 0.0649 e. The third-order valence-corrected chi connectivity index (χ3v) is 10.8. The Balaban J connectivity index is 1.29. The number of hydrogen-bond acceptors (Lipinski definition) is 1. The molecule has 5 aromatic carbocycles. The number of para-hydroxylation sites is 2. The normalized spacial score (nSPS) is 26.8. The van der Waals surface area contributed by atoms with E-state index in [2.05, 4.69) is 126 Å². The second-order valence-electron chi connectivity index (χ2n) is 12.2. The average molecular weight is 513 g/mol. The standard InChI is InChI=1S/C38H28N2/c1-5-14-30-24(10-1)22-25-23-26(40-33-16-7-3-11-27(33)28-12-4-8-17-34(28)40)18-19-31(25)38(30)32-15-6-2-13-29(32)35-36-37(35,38)20-9-21-39-36/h1-8,10-19,21,23,35-36H,9,20,22H2. The van der Waals surface area contributed by atoms with Crippen molar-refractivity contribution in [2.45, 2.75) is 36.6 Å². The minimum absolute atomic E-state index is 0.130. The van der Waals surface area contributed by atoms with Gasteiger partial charge in [-0.05, 0) is 83.1 Å². The zero-order valence-corrected chi connectivity index (χ0v) is 22.2. The number of fused-ring (bicyclic) bond motifs is 11. The zero-order chi connectivity index (χ0) is 26.1. The highest BCUT2D eigenvalue weighted by atomic mass is 15.0. The maximum Gasteiger partial charge on any atom is 0.0649 e.